The fraction of sp³-hybridized carbons (Fsp3) is 0.700. The number of amides is 2. The summed E-state index contributed by atoms with van der Waals surface area (Å²) < 4.78 is 0. The van der Waals surface area contributed by atoms with Crippen molar-refractivity contribution < 1.29 is 24.6 Å². The molecule has 2 amide bonds. The first kappa shape index (κ1) is 15.4. The van der Waals surface area contributed by atoms with Crippen LogP contribution in [-0.4, -0.2) is 45.7 Å². The monoisotopic (exact) mass is 246 g/mol. The summed E-state index contributed by atoms with van der Waals surface area (Å²) in [5, 5.41) is 22.6. The second-order valence-corrected chi connectivity index (χ2v) is 4.34. The van der Waals surface area contributed by atoms with Gasteiger partial charge >= 0.3 is 5.97 Å². The van der Waals surface area contributed by atoms with E-state index < -0.39 is 35.5 Å². The minimum Gasteiger partial charge on any atom is -0.480 e. The zero-order chi connectivity index (χ0) is 13.8. The van der Waals surface area contributed by atoms with Crippen molar-refractivity contribution in [3.05, 3.63) is 0 Å². The molecule has 0 fully saturated rings. The average molecular weight is 246 g/mol. The van der Waals surface area contributed by atoms with Gasteiger partial charge in [0.1, 0.15) is 11.6 Å². The van der Waals surface area contributed by atoms with Crippen LogP contribution in [0.25, 0.3) is 0 Å². The van der Waals surface area contributed by atoms with E-state index in [0.717, 1.165) is 0 Å². The third-order valence-electron chi connectivity index (χ3n) is 2.09. The SMILES string of the molecule is CC(=O)N[C@H](C(=O)NC(C)(C)C(=O)O)[C@@H](C)O. The van der Waals surface area contributed by atoms with E-state index in [2.05, 4.69) is 10.6 Å². The lowest BCUT2D eigenvalue weighted by Crippen LogP contribution is -2.59. The smallest absolute Gasteiger partial charge is 0.328 e. The lowest BCUT2D eigenvalue weighted by molar-refractivity contribution is -0.147. The van der Waals surface area contributed by atoms with Crippen LogP contribution < -0.4 is 10.6 Å². The maximum absolute atomic E-state index is 11.7. The molecule has 4 N–H and O–H groups in total. The number of nitrogens with one attached hydrogen (secondary N) is 2. The van der Waals surface area contributed by atoms with E-state index in [9.17, 15) is 19.5 Å². The van der Waals surface area contributed by atoms with Crippen LogP contribution in [0.2, 0.25) is 0 Å². The standard InChI is InChI=1S/C10H18N2O5/c1-5(13)7(11-6(2)14)8(15)12-10(3,4)9(16)17/h5,7,13H,1-4H3,(H,11,14)(H,12,15)(H,16,17)/t5-,7+/m1/s1. The second-order valence-electron chi connectivity index (χ2n) is 4.34. The van der Waals surface area contributed by atoms with Gasteiger partial charge in [0.15, 0.2) is 0 Å². The number of carbonyl (C=O) groups is 3. The molecule has 7 nitrogen and oxygen atoms in total. The van der Waals surface area contributed by atoms with Crippen molar-refractivity contribution in [3.8, 4) is 0 Å². The van der Waals surface area contributed by atoms with Crippen LogP contribution in [0.4, 0.5) is 0 Å². The minimum atomic E-state index is -1.47. The van der Waals surface area contributed by atoms with E-state index in [4.69, 9.17) is 5.11 Å². The molecular formula is C10H18N2O5. The number of hydrogen-bond acceptors (Lipinski definition) is 4. The van der Waals surface area contributed by atoms with Gasteiger partial charge in [-0.25, -0.2) is 4.79 Å². The zero-order valence-corrected chi connectivity index (χ0v) is 10.3. The summed E-state index contributed by atoms with van der Waals surface area (Å²) in [5.41, 5.74) is -1.47. The van der Waals surface area contributed by atoms with Gasteiger partial charge in [0.25, 0.3) is 0 Å². The topological polar surface area (TPSA) is 116 Å². The summed E-state index contributed by atoms with van der Waals surface area (Å²) >= 11 is 0. The van der Waals surface area contributed by atoms with Gasteiger partial charge in [0.2, 0.25) is 11.8 Å². The normalized spacial score (nSPS) is 14.6. The molecule has 0 aromatic carbocycles. The molecule has 0 saturated heterocycles. The van der Waals surface area contributed by atoms with Crippen molar-refractivity contribution in [1.29, 1.82) is 0 Å². The molecular weight excluding hydrogens is 228 g/mol. The summed E-state index contributed by atoms with van der Waals surface area (Å²) in [6.45, 7) is 5.14. The maximum Gasteiger partial charge on any atom is 0.328 e. The van der Waals surface area contributed by atoms with Gasteiger partial charge in [-0.2, -0.15) is 0 Å². The molecule has 0 aliphatic heterocycles. The summed E-state index contributed by atoms with van der Waals surface area (Å²) in [6, 6.07) is -1.17. The second kappa shape index (κ2) is 5.62. The van der Waals surface area contributed by atoms with Crippen LogP contribution in [0.3, 0.4) is 0 Å². The highest BCUT2D eigenvalue weighted by molar-refractivity contribution is 5.91. The number of aliphatic carboxylic acids is 1. The number of aliphatic hydroxyl groups excluding tert-OH is 1. The number of carboxylic acid groups (broad SMARTS) is 1. The quantitative estimate of drug-likeness (QED) is 0.489. The Morgan fingerprint density at radius 1 is 1.24 bits per heavy atom. The van der Waals surface area contributed by atoms with Gasteiger partial charge in [-0.15, -0.1) is 0 Å². The van der Waals surface area contributed by atoms with Gasteiger partial charge in [-0.3, -0.25) is 9.59 Å². The van der Waals surface area contributed by atoms with E-state index in [1.54, 1.807) is 0 Å². The summed E-state index contributed by atoms with van der Waals surface area (Å²) in [6.07, 6.45) is -1.12. The predicted molar refractivity (Wildman–Crippen MR) is 59.1 cm³/mol. The van der Waals surface area contributed by atoms with E-state index in [-0.39, 0.29) is 0 Å². The van der Waals surface area contributed by atoms with Crippen LogP contribution in [0.5, 0.6) is 0 Å². The van der Waals surface area contributed by atoms with Crippen LogP contribution in [0.1, 0.15) is 27.7 Å². The Bertz CT molecular complexity index is 325. The third-order valence-corrected chi connectivity index (χ3v) is 2.09. The van der Waals surface area contributed by atoms with Crippen molar-refractivity contribution in [2.75, 3.05) is 0 Å². The van der Waals surface area contributed by atoms with E-state index >= 15 is 0 Å². The number of rotatable bonds is 5. The molecule has 0 radical (unpaired) electrons. The first-order valence-corrected chi connectivity index (χ1v) is 5.08. The van der Waals surface area contributed by atoms with Crippen LogP contribution in [-0.2, 0) is 14.4 Å². The van der Waals surface area contributed by atoms with Crippen molar-refractivity contribution >= 4 is 17.8 Å². The average Bonchev–Trinajstić information content (AvgIpc) is 2.12. The molecule has 0 aromatic rings. The van der Waals surface area contributed by atoms with E-state index in [1.165, 1.54) is 27.7 Å². The van der Waals surface area contributed by atoms with Crippen molar-refractivity contribution in [2.24, 2.45) is 0 Å². The Balaban J connectivity index is 4.75. The minimum absolute atomic E-state index is 0.487. The Hall–Kier alpha value is -1.63. The lowest BCUT2D eigenvalue weighted by Gasteiger charge is -2.26. The highest BCUT2D eigenvalue weighted by atomic mass is 16.4. The van der Waals surface area contributed by atoms with Gasteiger partial charge in [-0.05, 0) is 20.8 Å². The molecule has 0 heterocycles. The highest BCUT2D eigenvalue weighted by Gasteiger charge is 2.33. The van der Waals surface area contributed by atoms with Gasteiger partial charge in [0, 0.05) is 6.92 Å². The van der Waals surface area contributed by atoms with Crippen molar-refractivity contribution in [2.45, 2.75) is 45.4 Å². The molecule has 98 valence electrons. The Morgan fingerprint density at radius 3 is 2.00 bits per heavy atom. The predicted octanol–water partition coefficient (Wildman–Crippen LogP) is -1.15. The Kier molecular flexibility index (Phi) is 5.09. The lowest BCUT2D eigenvalue weighted by atomic mass is 10.0. The van der Waals surface area contributed by atoms with Gasteiger partial charge < -0.3 is 20.8 Å². The Morgan fingerprint density at radius 2 is 1.71 bits per heavy atom. The number of carboxylic acids is 1. The third kappa shape index (κ3) is 4.81. The molecule has 7 heteroatoms. The molecule has 0 unspecified atom stereocenters. The molecule has 0 bridgehead atoms. The van der Waals surface area contributed by atoms with E-state index in [0.29, 0.717) is 0 Å². The molecule has 17 heavy (non-hydrogen) atoms. The molecule has 2 atom stereocenters. The highest BCUT2D eigenvalue weighted by Crippen LogP contribution is 2.04. The largest absolute Gasteiger partial charge is 0.480 e. The van der Waals surface area contributed by atoms with Gasteiger partial charge in [0.05, 0.1) is 6.10 Å². The Labute approximate surface area is 99.2 Å². The van der Waals surface area contributed by atoms with Gasteiger partial charge in [-0.1, -0.05) is 0 Å². The molecule has 0 aromatic heterocycles. The number of hydrogen-bond donors (Lipinski definition) is 4. The van der Waals surface area contributed by atoms with Crippen LogP contribution >= 0.6 is 0 Å². The first-order valence-electron chi connectivity index (χ1n) is 5.08. The summed E-state index contributed by atoms with van der Waals surface area (Å²) in [7, 11) is 0. The molecule has 0 saturated carbocycles. The summed E-state index contributed by atoms with van der Waals surface area (Å²) in [5.74, 6) is -2.44. The summed E-state index contributed by atoms with van der Waals surface area (Å²) in [4.78, 5) is 33.3. The van der Waals surface area contributed by atoms with Crippen LogP contribution in [0.15, 0.2) is 0 Å². The maximum atomic E-state index is 11.7. The fourth-order valence-electron chi connectivity index (χ4n) is 1.06. The first-order chi connectivity index (χ1) is 7.58. The molecule has 0 aliphatic carbocycles. The van der Waals surface area contributed by atoms with Crippen molar-refractivity contribution in [1.82, 2.24) is 10.6 Å². The van der Waals surface area contributed by atoms with E-state index in [1.807, 2.05) is 0 Å². The molecule has 0 rings (SSSR count). The zero-order valence-electron chi connectivity index (χ0n) is 10.3. The van der Waals surface area contributed by atoms with Crippen molar-refractivity contribution in [3.63, 3.8) is 0 Å². The molecule has 0 spiro atoms. The van der Waals surface area contributed by atoms with Crippen LogP contribution in [0, 0.1) is 0 Å². The molecule has 0 aliphatic rings. The number of carbonyl (C=O) groups excluding carboxylic acids is 2. The fourth-order valence-corrected chi connectivity index (χ4v) is 1.06. The number of aliphatic hydroxyl groups is 1.